The minimum atomic E-state index is -1.13. The van der Waals surface area contributed by atoms with Crippen molar-refractivity contribution < 1.29 is 24.0 Å². The minimum absolute atomic E-state index is 0.0138. The number of amides is 1. The molecule has 0 radical (unpaired) electrons. The van der Waals surface area contributed by atoms with Gasteiger partial charge in [0, 0.05) is 30.8 Å². The van der Waals surface area contributed by atoms with Crippen molar-refractivity contribution in [3.8, 4) is 0 Å². The first-order valence-electron chi connectivity index (χ1n) is 8.43. The van der Waals surface area contributed by atoms with Crippen molar-refractivity contribution in [3.63, 3.8) is 0 Å². The number of nitrogens with zero attached hydrogens (tertiary/aromatic N) is 2. The van der Waals surface area contributed by atoms with Crippen LogP contribution in [0.4, 0.5) is 5.69 Å². The van der Waals surface area contributed by atoms with Gasteiger partial charge in [0.25, 0.3) is 11.6 Å². The lowest BCUT2D eigenvalue weighted by molar-refractivity contribution is -0.384. The number of nitro groups is 1. The van der Waals surface area contributed by atoms with E-state index >= 15 is 0 Å². The number of hydrogen-bond acceptors (Lipinski definition) is 6. The summed E-state index contributed by atoms with van der Waals surface area (Å²) in [6.07, 6.45) is -1.13. The highest BCUT2D eigenvalue weighted by Gasteiger charge is 2.31. The molecule has 1 heterocycles. The van der Waals surface area contributed by atoms with Gasteiger partial charge in [-0.05, 0) is 6.07 Å². The molecule has 0 N–H and O–H groups in total. The molecule has 0 unspecified atom stereocenters. The molecule has 0 aromatic heterocycles. The monoisotopic (exact) mass is 370 g/mol. The molecule has 8 heteroatoms. The molecule has 27 heavy (non-hydrogen) atoms. The normalized spacial score (nSPS) is 15.0. The van der Waals surface area contributed by atoms with E-state index in [9.17, 15) is 19.7 Å². The summed E-state index contributed by atoms with van der Waals surface area (Å²) < 4.78 is 10.7. The molecule has 2 aromatic rings. The fraction of sp³-hybridized carbons (Fsp3) is 0.263. The average molecular weight is 370 g/mol. The van der Waals surface area contributed by atoms with Crippen molar-refractivity contribution in [2.75, 3.05) is 26.3 Å². The molecular formula is C19H18N2O6. The molecule has 1 aliphatic heterocycles. The number of nitro benzene ring substituents is 1. The number of rotatable bonds is 5. The van der Waals surface area contributed by atoms with E-state index in [2.05, 4.69) is 0 Å². The van der Waals surface area contributed by atoms with E-state index in [-0.39, 0.29) is 17.2 Å². The zero-order valence-electron chi connectivity index (χ0n) is 14.4. The van der Waals surface area contributed by atoms with E-state index in [4.69, 9.17) is 9.47 Å². The van der Waals surface area contributed by atoms with Gasteiger partial charge in [-0.15, -0.1) is 0 Å². The van der Waals surface area contributed by atoms with Gasteiger partial charge in [0.15, 0.2) is 0 Å². The second kappa shape index (κ2) is 8.41. The van der Waals surface area contributed by atoms with Gasteiger partial charge in [-0.1, -0.05) is 36.4 Å². The zero-order valence-corrected chi connectivity index (χ0v) is 14.4. The summed E-state index contributed by atoms with van der Waals surface area (Å²) in [4.78, 5) is 37.4. The summed E-state index contributed by atoms with van der Waals surface area (Å²) in [5.74, 6) is -1.14. The molecule has 3 rings (SSSR count). The molecule has 1 amide bonds. The molecule has 8 nitrogen and oxygen atoms in total. The third-order valence-electron chi connectivity index (χ3n) is 4.17. The molecule has 1 fully saturated rings. The summed E-state index contributed by atoms with van der Waals surface area (Å²) in [5, 5.41) is 10.9. The highest BCUT2D eigenvalue weighted by atomic mass is 16.6. The highest BCUT2D eigenvalue weighted by molar-refractivity contribution is 5.93. The van der Waals surface area contributed by atoms with Crippen LogP contribution >= 0.6 is 0 Å². The van der Waals surface area contributed by atoms with Gasteiger partial charge in [0.05, 0.1) is 23.7 Å². The lowest BCUT2D eigenvalue weighted by atomic mass is 10.1. The third-order valence-corrected chi connectivity index (χ3v) is 4.17. The topological polar surface area (TPSA) is 99.0 Å². The van der Waals surface area contributed by atoms with E-state index in [1.165, 1.54) is 18.2 Å². The first kappa shape index (κ1) is 18.5. The first-order valence-corrected chi connectivity index (χ1v) is 8.43. The Morgan fingerprint density at radius 2 is 1.78 bits per heavy atom. The Kier molecular flexibility index (Phi) is 5.77. The number of benzene rings is 2. The van der Waals surface area contributed by atoms with Gasteiger partial charge in [-0.2, -0.15) is 0 Å². The maximum Gasteiger partial charge on any atom is 0.339 e. The lowest BCUT2D eigenvalue weighted by Crippen LogP contribution is -2.44. The van der Waals surface area contributed by atoms with E-state index in [1.54, 1.807) is 35.2 Å². The van der Waals surface area contributed by atoms with E-state index in [1.807, 2.05) is 0 Å². The third kappa shape index (κ3) is 4.48. The van der Waals surface area contributed by atoms with Crippen molar-refractivity contribution in [2.24, 2.45) is 0 Å². The van der Waals surface area contributed by atoms with Gasteiger partial charge in [-0.25, -0.2) is 4.79 Å². The SMILES string of the molecule is O=C(O[C@H](C(=O)N1CCOCC1)c1ccccc1)c1cccc([N+](=O)[O-])c1. The standard InChI is InChI=1S/C19H18N2O6/c22-18(20-9-11-26-12-10-20)17(14-5-2-1-3-6-14)27-19(23)15-7-4-8-16(13-15)21(24)25/h1-8,13,17H,9-12H2/t17-/m0/s1. The van der Waals surface area contributed by atoms with Crippen LogP contribution in [0.2, 0.25) is 0 Å². The molecule has 1 aliphatic rings. The van der Waals surface area contributed by atoms with Crippen molar-refractivity contribution in [1.29, 1.82) is 0 Å². The molecule has 0 spiro atoms. The Balaban J connectivity index is 1.85. The Hall–Kier alpha value is -3.26. The number of carbonyl (C=O) groups excluding carboxylic acids is 2. The molecule has 0 saturated carbocycles. The molecule has 0 aliphatic carbocycles. The lowest BCUT2D eigenvalue weighted by Gasteiger charge is -2.30. The fourth-order valence-corrected chi connectivity index (χ4v) is 2.76. The minimum Gasteiger partial charge on any atom is -0.444 e. The van der Waals surface area contributed by atoms with Crippen LogP contribution in [0.3, 0.4) is 0 Å². The second-order valence-corrected chi connectivity index (χ2v) is 5.94. The Morgan fingerprint density at radius 3 is 2.44 bits per heavy atom. The quantitative estimate of drug-likeness (QED) is 0.455. The van der Waals surface area contributed by atoms with E-state index in [0.717, 1.165) is 6.07 Å². The van der Waals surface area contributed by atoms with Crippen LogP contribution in [0, 0.1) is 10.1 Å². The van der Waals surface area contributed by atoms with Crippen molar-refractivity contribution in [3.05, 3.63) is 75.8 Å². The number of esters is 1. The summed E-state index contributed by atoms with van der Waals surface area (Å²) in [6, 6.07) is 13.9. The number of hydrogen-bond donors (Lipinski definition) is 0. The van der Waals surface area contributed by atoms with Crippen LogP contribution in [0.5, 0.6) is 0 Å². The predicted octanol–water partition coefficient (Wildman–Crippen LogP) is 2.35. The summed E-state index contributed by atoms with van der Waals surface area (Å²) in [5.41, 5.74) is 0.327. The molecule has 1 atom stereocenters. The van der Waals surface area contributed by atoms with Crippen molar-refractivity contribution in [2.45, 2.75) is 6.10 Å². The fourth-order valence-electron chi connectivity index (χ4n) is 2.76. The van der Waals surface area contributed by atoms with Gasteiger partial charge < -0.3 is 14.4 Å². The van der Waals surface area contributed by atoms with Crippen LogP contribution < -0.4 is 0 Å². The summed E-state index contributed by atoms with van der Waals surface area (Å²) in [7, 11) is 0. The van der Waals surface area contributed by atoms with Crippen LogP contribution in [-0.2, 0) is 14.3 Å². The second-order valence-electron chi connectivity index (χ2n) is 5.94. The largest absolute Gasteiger partial charge is 0.444 e. The number of carbonyl (C=O) groups is 2. The van der Waals surface area contributed by atoms with E-state index in [0.29, 0.717) is 31.9 Å². The van der Waals surface area contributed by atoms with E-state index < -0.39 is 17.0 Å². The maximum atomic E-state index is 12.9. The Morgan fingerprint density at radius 1 is 1.07 bits per heavy atom. The average Bonchev–Trinajstić information content (AvgIpc) is 2.72. The van der Waals surface area contributed by atoms with Crippen LogP contribution in [-0.4, -0.2) is 48.0 Å². The maximum absolute atomic E-state index is 12.9. The molecule has 2 aromatic carbocycles. The number of non-ortho nitro benzene ring substituents is 1. The van der Waals surface area contributed by atoms with Gasteiger partial charge >= 0.3 is 5.97 Å². The van der Waals surface area contributed by atoms with Gasteiger partial charge in [0.2, 0.25) is 6.10 Å². The predicted molar refractivity (Wildman–Crippen MR) is 95.1 cm³/mol. The number of ether oxygens (including phenoxy) is 2. The Labute approximate surface area is 155 Å². The molecular weight excluding hydrogens is 352 g/mol. The van der Waals surface area contributed by atoms with Crippen LogP contribution in [0.15, 0.2) is 54.6 Å². The first-order chi connectivity index (χ1) is 13.1. The highest BCUT2D eigenvalue weighted by Crippen LogP contribution is 2.23. The molecule has 1 saturated heterocycles. The smallest absolute Gasteiger partial charge is 0.339 e. The summed E-state index contributed by atoms with van der Waals surface area (Å²) in [6.45, 7) is 1.67. The molecule has 140 valence electrons. The van der Waals surface area contributed by atoms with Crippen LogP contribution in [0.25, 0.3) is 0 Å². The Bertz CT molecular complexity index is 833. The van der Waals surface area contributed by atoms with Gasteiger partial charge in [-0.3, -0.25) is 14.9 Å². The number of morpholine rings is 1. The van der Waals surface area contributed by atoms with Crippen LogP contribution in [0.1, 0.15) is 22.0 Å². The van der Waals surface area contributed by atoms with Crippen molar-refractivity contribution >= 4 is 17.6 Å². The molecule has 0 bridgehead atoms. The van der Waals surface area contributed by atoms with Crippen molar-refractivity contribution in [1.82, 2.24) is 4.90 Å². The zero-order chi connectivity index (χ0) is 19.2. The van der Waals surface area contributed by atoms with Gasteiger partial charge in [0.1, 0.15) is 0 Å². The summed E-state index contributed by atoms with van der Waals surface area (Å²) >= 11 is 0.